The molecule has 0 N–H and O–H groups in total. The van der Waals surface area contributed by atoms with Crippen LogP contribution in [0, 0.1) is 10.1 Å². The second kappa shape index (κ2) is 6.39. The van der Waals surface area contributed by atoms with Gasteiger partial charge in [0.25, 0.3) is 11.6 Å². The Bertz CT molecular complexity index is 907. The van der Waals surface area contributed by atoms with Gasteiger partial charge in [-0.2, -0.15) is 5.06 Å². The van der Waals surface area contributed by atoms with Crippen LogP contribution >= 0.6 is 0 Å². The van der Waals surface area contributed by atoms with Gasteiger partial charge >= 0.3 is 0 Å². The summed E-state index contributed by atoms with van der Waals surface area (Å²) in [5.41, 5.74) is 0.631. The average molecular weight is 381 g/mol. The monoisotopic (exact) mass is 381 g/mol. The largest absolute Gasteiger partial charge is 0.306 e. The van der Waals surface area contributed by atoms with Crippen LogP contribution in [0.2, 0.25) is 0 Å². The Hall–Kier alpha value is -2.77. The van der Waals surface area contributed by atoms with E-state index in [-0.39, 0.29) is 23.2 Å². The van der Waals surface area contributed by atoms with Crippen LogP contribution in [-0.4, -0.2) is 33.6 Å². The highest BCUT2D eigenvalue weighted by Crippen LogP contribution is 2.49. The molecule has 146 valence electrons. The number of hydrogen-bond acceptors (Lipinski definition) is 5. The lowest BCUT2D eigenvalue weighted by molar-refractivity contribution is -0.384. The summed E-state index contributed by atoms with van der Waals surface area (Å²) in [5.74, 6) is -0.103. The third kappa shape index (κ3) is 2.96. The van der Waals surface area contributed by atoms with Gasteiger partial charge < -0.3 is 4.90 Å². The molecule has 2 saturated heterocycles. The summed E-state index contributed by atoms with van der Waals surface area (Å²) < 4.78 is 0. The number of hydrogen-bond donors (Lipinski definition) is 0. The van der Waals surface area contributed by atoms with E-state index in [2.05, 4.69) is 32.9 Å². The molecule has 1 spiro atoms. The van der Waals surface area contributed by atoms with Crippen molar-refractivity contribution in [3.63, 3.8) is 0 Å². The van der Waals surface area contributed by atoms with E-state index in [1.54, 1.807) is 17.0 Å². The molecule has 0 radical (unpaired) electrons. The fourth-order valence-corrected chi connectivity index (χ4v) is 3.95. The zero-order valence-corrected chi connectivity index (χ0v) is 16.2. The molecule has 0 saturated carbocycles. The summed E-state index contributed by atoms with van der Waals surface area (Å²) in [6, 6.07) is 16.1. The van der Waals surface area contributed by atoms with E-state index < -0.39 is 10.5 Å². The van der Waals surface area contributed by atoms with Crippen LogP contribution in [0.5, 0.6) is 0 Å². The van der Waals surface area contributed by atoms with Gasteiger partial charge in [-0.3, -0.25) is 19.7 Å². The van der Waals surface area contributed by atoms with E-state index in [1.807, 2.05) is 23.3 Å². The molecule has 2 aromatic carbocycles. The van der Waals surface area contributed by atoms with E-state index in [0.29, 0.717) is 18.7 Å². The summed E-state index contributed by atoms with van der Waals surface area (Å²) in [4.78, 5) is 31.4. The van der Waals surface area contributed by atoms with Gasteiger partial charge in [0.2, 0.25) is 0 Å². The van der Waals surface area contributed by atoms with Gasteiger partial charge in [0.05, 0.1) is 17.5 Å². The van der Waals surface area contributed by atoms with Crippen molar-refractivity contribution < 1.29 is 14.6 Å². The molecule has 0 bridgehead atoms. The molecule has 0 aromatic heterocycles. The van der Waals surface area contributed by atoms with E-state index in [1.165, 1.54) is 12.1 Å². The third-order valence-corrected chi connectivity index (χ3v) is 5.35. The molecule has 28 heavy (non-hydrogen) atoms. The number of β-lactam (4-membered cyclic amide) rings is 1. The summed E-state index contributed by atoms with van der Waals surface area (Å²) >= 11 is 0. The number of benzene rings is 2. The number of nitro benzene ring substituents is 1. The van der Waals surface area contributed by atoms with Crippen molar-refractivity contribution in [2.75, 3.05) is 11.4 Å². The van der Waals surface area contributed by atoms with Crippen LogP contribution in [0.4, 0.5) is 11.4 Å². The number of amides is 1. The number of hydroxylamine groups is 2. The minimum Gasteiger partial charge on any atom is -0.306 e. The molecule has 0 aliphatic carbocycles. The third-order valence-electron chi connectivity index (χ3n) is 5.35. The topological polar surface area (TPSA) is 75.9 Å². The molecule has 4 rings (SSSR count). The van der Waals surface area contributed by atoms with Crippen molar-refractivity contribution in [2.45, 2.75) is 44.4 Å². The Morgan fingerprint density at radius 3 is 2.29 bits per heavy atom. The van der Waals surface area contributed by atoms with E-state index in [9.17, 15) is 14.9 Å². The van der Waals surface area contributed by atoms with Gasteiger partial charge in [-0.05, 0) is 38.5 Å². The molecule has 2 heterocycles. The lowest BCUT2D eigenvalue weighted by Gasteiger charge is -2.46. The molecular weight excluding hydrogens is 358 g/mol. The van der Waals surface area contributed by atoms with Gasteiger partial charge in [0, 0.05) is 29.8 Å². The molecule has 2 aromatic rings. The molecule has 1 amide bonds. The normalized spacial score (nSPS) is 25.2. The van der Waals surface area contributed by atoms with Crippen LogP contribution in [0.15, 0.2) is 54.6 Å². The summed E-state index contributed by atoms with van der Waals surface area (Å²) in [5, 5.41) is 12.8. The SMILES string of the molecule is CC(C)(C)N1O[C@]2(C[C@H]1c1ccccc1)CN(c1ccc([N+](=O)[O-])cc1)C2=O. The maximum absolute atomic E-state index is 13.1. The molecule has 2 fully saturated rings. The highest BCUT2D eigenvalue weighted by atomic mass is 16.7. The summed E-state index contributed by atoms with van der Waals surface area (Å²) in [6.07, 6.45) is 0.580. The first kappa shape index (κ1) is 18.6. The maximum atomic E-state index is 13.1. The van der Waals surface area contributed by atoms with Crippen LogP contribution in [0.3, 0.4) is 0 Å². The number of nitro groups is 1. The van der Waals surface area contributed by atoms with Gasteiger partial charge in [0.15, 0.2) is 5.60 Å². The van der Waals surface area contributed by atoms with Crippen LogP contribution in [0.25, 0.3) is 0 Å². The fraction of sp³-hybridized carbons (Fsp3) is 0.381. The van der Waals surface area contributed by atoms with Crippen molar-refractivity contribution in [1.82, 2.24) is 5.06 Å². The van der Waals surface area contributed by atoms with E-state index >= 15 is 0 Å². The quantitative estimate of drug-likeness (QED) is 0.458. The zero-order chi connectivity index (χ0) is 20.1. The maximum Gasteiger partial charge on any atom is 0.269 e. The molecule has 7 nitrogen and oxygen atoms in total. The predicted molar refractivity (Wildman–Crippen MR) is 105 cm³/mol. The first-order valence-electron chi connectivity index (χ1n) is 9.31. The molecule has 2 aliphatic rings. The Kier molecular flexibility index (Phi) is 4.24. The van der Waals surface area contributed by atoms with Crippen LogP contribution in [0.1, 0.15) is 38.8 Å². The van der Waals surface area contributed by atoms with Crippen molar-refractivity contribution in [3.8, 4) is 0 Å². The minimum absolute atomic E-state index is 0.00611. The highest BCUT2D eigenvalue weighted by Gasteiger charge is 2.62. The minimum atomic E-state index is -0.879. The average Bonchev–Trinajstić information content (AvgIpc) is 3.10. The van der Waals surface area contributed by atoms with Crippen molar-refractivity contribution in [2.24, 2.45) is 0 Å². The van der Waals surface area contributed by atoms with Crippen LogP contribution < -0.4 is 4.90 Å². The number of nitrogens with zero attached hydrogens (tertiary/aromatic N) is 3. The number of carbonyl (C=O) groups excluding carboxylic acids is 1. The number of rotatable bonds is 3. The second-order valence-electron chi connectivity index (χ2n) is 8.38. The lowest BCUT2D eigenvalue weighted by atomic mass is 9.84. The first-order valence-corrected chi connectivity index (χ1v) is 9.31. The highest BCUT2D eigenvalue weighted by molar-refractivity contribution is 6.07. The number of carbonyl (C=O) groups is 1. The predicted octanol–water partition coefficient (Wildman–Crippen LogP) is 3.86. The van der Waals surface area contributed by atoms with Crippen molar-refractivity contribution >= 4 is 17.3 Å². The molecule has 2 atom stereocenters. The zero-order valence-electron chi connectivity index (χ0n) is 16.2. The van der Waals surface area contributed by atoms with Crippen molar-refractivity contribution in [1.29, 1.82) is 0 Å². The smallest absolute Gasteiger partial charge is 0.269 e. The Morgan fingerprint density at radius 2 is 1.75 bits per heavy atom. The molecule has 2 aliphatic heterocycles. The molecule has 7 heteroatoms. The summed E-state index contributed by atoms with van der Waals surface area (Å²) in [6.45, 7) is 6.64. The molecular formula is C21H23N3O4. The number of anilines is 1. The van der Waals surface area contributed by atoms with Crippen molar-refractivity contribution in [3.05, 3.63) is 70.3 Å². The fourth-order valence-electron chi connectivity index (χ4n) is 3.95. The van der Waals surface area contributed by atoms with E-state index in [4.69, 9.17) is 4.84 Å². The Labute approximate surface area is 163 Å². The summed E-state index contributed by atoms with van der Waals surface area (Å²) in [7, 11) is 0. The van der Waals surface area contributed by atoms with Gasteiger partial charge in [0.1, 0.15) is 0 Å². The lowest BCUT2D eigenvalue weighted by Crippen LogP contribution is -2.67. The Balaban J connectivity index is 1.58. The second-order valence-corrected chi connectivity index (χ2v) is 8.38. The van der Waals surface area contributed by atoms with Crippen LogP contribution in [-0.2, 0) is 9.63 Å². The first-order chi connectivity index (χ1) is 13.2. The van der Waals surface area contributed by atoms with Gasteiger partial charge in [-0.1, -0.05) is 30.3 Å². The van der Waals surface area contributed by atoms with Gasteiger partial charge in [-0.15, -0.1) is 0 Å². The van der Waals surface area contributed by atoms with E-state index in [0.717, 1.165) is 5.56 Å². The molecule has 0 unspecified atom stereocenters. The standard InChI is InChI=1S/C21H23N3O4/c1-20(2,3)23-18(15-7-5-4-6-8-15)13-21(28-23)14-22(19(21)25)16-9-11-17(12-10-16)24(26)27/h4-12,18H,13-14H2,1-3H3/t18-,21+/m0/s1. The number of non-ortho nitro benzene ring substituents is 1. The van der Waals surface area contributed by atoms with Gasteiger partial charge in [-0.25, -0.2) is 0 Å². The Morgan fingerprint density at radius 1 is 1.11 bits per heavy atom.